The Hall–Kier alpha value is -2.94. The first-order valence-electron chi connectivity index (χ1n) is 12.7. The Morgan fingerprint density at radius 3 is 2.53 bits per heavy atom. The van der Waals surface area contributed by atoms with E-state index in [4.69, 9.17) is 21.7 Å². The second-order valence-electron chi connectivity index (χ2n) is 9.44. The minimum atomic E-state index is -0.0149. The molecule has 3 aromatic rings. The van der Waals surface area contributed by atoms with E-state index in [2.05, 4.69) is 74.9 Å². The van der Waals surface area contributed by atoms with Crippen LogP contribution >= 0.6 is 12.2 Å². The molecule has 1 aromatic carbocycles. The van der Waals surface area contributed by atoms with Crippen LogP contribution in [0.3, 0.4) is 0 Å². The predicted octanol–water partition coefficient (Wildman–Crippen LogP) is 4.33. The van der Waals surface area contributed by atoms with Gasteiger partial charge in [-0.1, -0.05) is 6.07 Å². The lowest BCUT2D eigenvalue weighted by Gasteiger charge is -2.29. The van der Waals surface area contributed by atoms with E-state index in [-0.39, 0.29) is 12.1 Å². The third-order valence-electron chi connectivity index (χ3n) is 7.22. The molecule has 5 rings (SSSR count). The van der Waals surface area contributed by atoms with E-state index in [0.29, 0.717) is 6.61 Å². The van der Waals surface area contributed by atoms with Crippen LogP contribution < -0.4 is 10.2 Å². The highest BCUT2D eigenvalue weighted by atomic mass is 32.1. The smallest absolute Gasteiger partial charge is 0.170 e. The Balaban J connectivity index is 1.49. The maximum atomic E-state index is 5.82. The van der Waals surface area contributed by atoms with Gasteiger partial charge in [0.15, 0.2) is 5.11 Å². The molecule has 0 bridgehead atoms. The Labute approximate surface area is 219 Å². The van der Waals surface area contributed by atoms with Gasteiger partial charge in [-0.3, -0.25) is 4.98 Å². The van der Waals surface area contributed by atoms with Gasteiger partial charge in [-0.25, -0.2) is 0 Å². The second-order valence-corrected chi connectivity index (χ2v) is 9.83. The molecule has 7 nitrogen and oxygen atoms in total. The minimum Gasteiger partial charge on any atom is -0.385 e. The fourth-order valence-corrected chi connectivity index (χ4v) is 5.81. The molecule has 0 spiro atoms. The Morgan fingerprint density at radius 2 is 1.83 bits per heavy atom. The predicted molar refractivity (Wildman–Crippen MR) is 147 cm³/mol. The molecular formula is C28H35N5O2S. The molecule has 2 atom stereocenters. The number of ether oxygens (including phenoxy) is 2. The summed E-state index contributed by atoms with van der Waals surface area (Å²) in [5.74, 6) is 0. The molecule has 2 fully saturated rings. The lowest BCUT2D eigenvalue weighted by Crippen LogP contribution is -2.36. The number of nitrogens with one attached hydrogen (secondary N) is 1. The van der Waals surface area contributed by atoms with Gasteiger partial charge in [0.2, 0.25) is 0 Å². The van der Waals surface area contributed by atoms with Gasteiger partial charge in [0.25, 0.3) is 0 Å². The highest BCUT2D eigenvalue weighted by Gasteiger charge is 2.41. The fourth-order valence-electron chi connectivity index (χ4n) is 5.48. The molecule has 4 heterocycles. The van der Waals surface area contributed by atoms with Crippen LogP contribution in [0.4, 0.5) is 5.69 Å². The van der Waals surface area contributed by atoms with Gasteiger partial charge in [0.05, 0.1) is 31.0 Å². The average Bonchev–Trinajstić information content (AvgIpc) is 3.40. The Morgan fingerprint density at radius 1 is 1.08 bits per heavy atom. The van der Waals surface area contributed by atoms with E-state index in [1.165, 1.54) is 28.3 Å². The summed E-state index contributed by atoms with van der Waals surface area (Å²) < 4.78 is 13.2. The molecule has 2 aliphatic rings. The van der Waals surface area contributed by atoms with E-state index in [1.54, 1.807) is 7.11 Å². The van der Waals surface area contributed by atoms with E-state index in [9.17, 15) is 0 Å². The summed E-state index contributed by atoms with van der Waals surface area (Å²) in [6.45, 7) is 9.37. The topological polar surface area (TPSA) is 54.8 Å². The van der Waals surface area contributed by atoms with E-state index >= 15 is 0 Å². The standard InChI is InChI=1S/C28H35N5O2S/c1-20-19-24(21(2)33(20)23-10-8-22(9-11-23)31-14-17-35-18-15-31)27-26(25-7-4-5-12-29-25)30-28(36)32(27)13-6-16-34-3/h4-5,7-12,19,26-27H,6,13-18H2,1-3H3,(H,30,36)/t26-,27+/m0/s1. The SMILES string of the molecule is COCCCN1C(=S)N[C@@H](c2ccccn2)[C@H]1c1cc(C)n(-c2ccc(N3CCOCC3)cc2)c1C. The number of anilines is 1. The summed E-state index contributed by atoms with van der Waals surface area (Å²) in [6.07, 6.45) is 2.76. The van der Waals surface area contributed by atoms with Crippen molar-refractivity contribution >= 4 is 23.0 Å². The largest absolute Gasteiger partial charge is 0.385 e. The van der Waals surface area contributed by atoms with Gasteiger partial charge in [-0.2, -0.15) is 0 Å². The van der Waals surface area contributed by atoms with Crippen molar-refractivity contribution in [1.82, 2.24) is 19.8 Å². The number of morpholine rings is 1. The third-order valence-corrected chi connectivity index (χ3v) is 7.57. The molecule has 0 aliphatic carbocycles. The number of rotatable bonds is 8. The molecule has 2 aliphatic heterocycles. The highest BCUT2D eigenvalue weighted by Crippen LogP contribution is 2.41. The number of methoxy groups -OCH3 is 1. The lowest BCUT2D eigenvalue weighted by molar-refractivity contribution is 0.122. The van der Waals surface area contributed by atoms with Gasteiger partial charge in [-0.15, -0.1) is 0 Å². The summed E-state index contributed by atoms with van der Waals surface area (Å²) in [5, 5.41) is 4.33. The van der Waals surface area contributed by atoms with Gasteiger partial charge in [-0.05, 0) is 80.5 Å². The molecule has 190 valence electrons. The average molecular weight is 506 g/mol. The molecule has 0 radical (unpaired) electrons. The van der Waals surface area contributed by atoms with Crippen molar-refractivity contribution in [2.75, 3.05) is 51.5 Å². The van der Waals surface area contributed by atoms with Crippen LogP contribution in [0.2, 0.25) is 0 Å². The Bertz CT molecular complexity index is 1170. The van der Waals surface area contributed by atoms with Crippen LogP contribution in [0.15, 0.2) is 54.7 Å². The summed E-state index contributed by atoms with van der Waals surface area (Å²) in [7, 11) is 1.74. The number of nitrogens with zero attached hydrogens (tertiary/aromatic N) is 4. The normalized spacial score (nSPS) is 20.1. The van der Waals surface area contributed by atoms with Crippen LogP contribution in [0.1, 0.15) is 41.1 Å². The molecule has 1 N–H and O–H groups in total. The van der Waals surface area contributed by atoms with Crippen molar-refractivity contribution in [1.29, 1.82) is 0 Å². The first-order chi connectivity index (χ1) is 17.6. The van der Waals surface area contributed by atoms with Gasteiger partial charge >= 0.3 is 0 Å². The molecule has 36 heavy (non-hydrogen) atoms. The molecule has 0 amide bonds. The van der Waals surface area contributed by atoms with Crippen molar-refractivity contribution < 1.29 is 9.47 Å². The number of pyridine rings is 1. The zero-order valence-corrected chi connectivity index (χ0v) is 22.1. The van der Waals surface area contributed by atoms with E-state index in [0.717, 1.165) is 50.1 Å². The van der Waals surface area contributed by atoms with Gasteiger partial charge in [0, 0.05) is 62.3 Å². The van der Waals surface area contributed by atoms with Crippen molar-refractivity contribution in [3.63, 3.8) is 0 Å². The maximum Gasteiger partial charge on any atom is 0.170 e. The number of hydrogen-bond donors (Lipinski definition) is 1. The third kappa shape index (κ3) is 4.85. The number of aryl methyl sites for hydroxylation is 1. The van der Waals surface area contributed by atoms with Crippen LogP contribution in [-0.4, -0.2) is 66.1 Å². The van der Waals surface area contributed by atoms with E-state index in [1.807, 2.05) is 18.3 Å². The van der Waals surface area contributed by atoms with Crippen molar-refractivity contribution in [3.8, 4) is 5.69 Å². The van der Waals surface area contributed by atoms with Gasteiger partial charge < -0.3 is 29.2 Å². The highest BCUT2D eigenvalue weighted by molar-refractivity contribution is 7.80. The number of thiocarbonyl (C=S) groups is 1. The summed E-state index contributed by atoms with van der Waals surface area (Å²) in [5.41, 5.74) is 7.11. The summed E-state index contributed by atoms with van der Waals surface area (Å²) >= 11 is 5.82. The van der Waals surface area contributed by atoms with Crippen molar-refractivity contribution in [2.45, 2.75) is 32.4 Å². The van der Waals surface area contributed by atoms with Crippen molar-refractivity contribution in [3.05, 3.63) is 77.4 Å². The van der Waals surface area contributed by atoms with E-state index < -0.39 is 0 Å². The number of aromatic nitrogens is 2. The Kier molecular flexibility index (Phi) is 7.55. The summed E-state index contributed by atoms with van der Waals surface area (Å²) in [6, 6.07) is 17.3. The quantitative estimate of drug-likeness (QED) is 0.361. The van der Waals surface area contributed by atoms with Crippen LogP contribution in [0, 0.1) is 13.8 Å². The number of hydrogen-bond acceptors (Lipinski definition) is 5. The zero-order chi connectivity index (χ0) is 25.1. The first kappa shape index (κ1) is 24.7. The fraction of sp³-hybridized carbons (Fsp3) is 0.429. The molecular weight excluding hydrogens is 470 g/mol. The van der Waals surface area contributed by atoms with Gasteiger partial charge in [0.1, 0.15) is 0 Å². The molecule has 8 heteroatoms. The lowest BCUT2D eigenvalue weighted by atomic mass is 9.96. The zero-order valence-electron chi connectivity index (χ0n) is 21.3. The molecule has 2 saturated heterocycles. The molecule has 0 unspecified atom stereocenters. The second kappa shape index (κ2) is 11.0. The monoisotopic (exact) mass is 505 g/mol. The summed E-state index contributed by atoms with van der Waals surface area (Å²) in [4.78, 5) is 9.37. The molecule has 0 saturated carbocycles. The minimum absolute atomic E-state index is 0.0149. The van der Waals surface area contributed by atoms with Crippen LogP contribution in [-0.2, 0) is 9.47 Å². The first-order valence-corrected chi connectivity index (χ1v) is 13.1. The van der Waals surface area contributed by atoms with Crippen LogP contribution in [0.5, 0.6) is 0 Å². The number of benzene rings is 1. The van der Waals surface area contributed by atoms with Crippen LogP contribution in [0.25, 0.3) is 5.69 Å². The molecule has 2 aromatic heterocycles. The maximum absolute atomic E-state index is 5.82. The van der Waals surface area contributed by atoms with Crippen molar-refractivity contribution in [2.24, 2.45) is 0 Å².